The number of rotatable bonds is 15. The van der Waals surface area contributed by atoms with E-state index in [1.807, 2.05) is 55.6 Å². The van der Waals surface area contributed by atoms with Gasteiger partial charge in [-0.05, 0) is 86.1 Å². The number of pyridine rings is 1. The van der Waals surface area contributed by atoms with E-state index in [1.165, 1.54) is 11.5 Å². The highest BCUT2D eigenvalue weighted by Gasteiger charge is 2.31. The maximum absolute atomic E-state index is 12.9. The second-order valence-electron chi connectivity index (χ2n) is 15.3. The number of hydrogen-bond donors (Lipinski definition) is 1. The second-order valence-corrected chi connectivity index (χ2v) is 16.4. The Balaban J connectivity index is 1.03. The summed E-state index contributed by atoms with van der Waals surface area (Å²) in [4.78, 5) is 31.9. The molecule has 0 bridgehead atoms. The highest BCUT2D eigenvalue weighted by Crippen LogP contribution is 2.48. The molecule has 3 fully saturated rings. The Kier molecular flexibility index (Phi) is 12.5. The first-order chi connectivity index (χ1) is 27.8. The number of halogens is 1. The highest BCUT2D eigenvalue weighted by atomic mass is 35.5. The smallest absolute Gasteiger partial charge is 0.345 e. The van der Waals surface area contributed by atoms with Crippen molar-refractivity contribution in [2.45, 2.75) is 70.0 Å². The van der Waals surface area contributed by atoms with Crippen LogP contribution in [0.3, 0.4) is 0 Å². The van der Waals surface area contributed by atoms with Gasteiger partial charge in [-0.15, -0.1) is 0 Å². The molecule has 3 aromatic heterocycles. The van der Waals surface area contributed by atoms with Crippen LogP contribution in [0.5, 0.6) is 17.4 Å². The molecule has 0 unspecified atom stereocenters. The van der Waals surface area contributed by atoms with Gasteiger partial charge in [0.15, 0.2) is 0 Å². The molecule has 1 aliphatic carbocycles. The summed E-state index contributed by atoms with van der Waals surface area (Å²) in [6.07, 6.45) is 7.39. The zero-order valence-corrected chi connectivity index (χ0v) is 34.1. The Hall–Kier alpha value is -4.40. The first-order valence-electron chi connectivity index (χ1n) is 19.9. The van der Waals surface area contributed by atoms with Crippen LogP contribution in [0.15, 0.2) is 54.9 Å². The van der Waals surface area contributed by atoms with Crippen molar-refractivity contribution in [1.82, 2.24) is 29.1 Å². The Morgan fingerprint density at radius 2 is 1.81 bits per heavy atom. The van der Waals surface area contributed by atoms with E-state index in [1.54, 1.807) is 6.20 Å². The number of carbonyl (C=O) groups is 1. The number of fused-ring (bicyclic) bond motifs is 1. The number of piperazine rings is 1. The van der Waals surface area contributed by atoms with E-state index in [9.17, 15) is 9.90 Å². The average Bonchev–Trinajstić information content (AvgIpc) is 3.62. The lowest BCUT2D eigenvalue weighted by atomic mass is 9.79. The van der Waals surface area contributed by atoms with Gasteiger partial charge in [-0.3, -0.25) is 9.88 Å². The largest absolute Gasteiger partial charge is 0.491 e. The molecule has 2 aliphatic heterocycles. The summed E-state index contributed by atoms with van der Waals surface area (Å²) in [5, 5.41) is 11.8. The van der Waals surface area contributed by atoms with Crippen LogP contribution in [0.1, 0.15) is 72.3 Å². The minimum absolute atomic E-state index is 0.0581. The number of nitrogens with zero attached hydrogens (tertiary/aromatic N) is 6. The molecule has 0 amide bonds. The van der Waals surface area contributed by atoms with Crippen molar-refractivity contribution in [3.8, 4) is 28.5 Å². The van der Waals surface area contributed by atoms with Crippen molar-refractivity contribution in [1.29, 1.82) is 0 Å². The summed E-state index contributed by atoms with van der Waals surface area (Å²) in [6, 6.07) is 13.3. The summed E-state index contributed by atoms with van der Waals surface area (Å²) in [5.74, 6) is 1.71. The van der Waals surface area contributed by atoms with Crippen molar-refractivity contribution >= 4 is 39.2 Å². The van der Waals surface area contributed by atoms with Crippen molar-refractivity contribution in [3.63, 3.8) is 0 Å². The number of ether oxygens (including phenoxy) is 4. The summed E-state index contributed by atoms with van der Waals surface area (Å²) in [6.45, 7) is 9.17. The fourth-order valence-corrected chi connectivity index (χ4v) is 8.71. The maximum atomic E-state index is 12.9. The van der Waals surface area contributed by atoms with Crippen molar-refractivity contribution in [2.75, 3.05) is 59.6 Å². The summed E-state index contributed by atoms with van der Waals surface area (Å²) < 4.78 is 29.9. The van der Waals surface area contributed by atoms with Crippen LogP contribution in [0.4, 0.5) is 0 Å². The normalized spacial score (nSPS) is 17.7. The molecular formula is C43H49ClN6O6S. The van der Waals surface area contributed by atoms with Gasteiger partial charge in [0, 0.05) is 82.2 Å². The number of carboxylic acids is 1. The van der Waals surface area contributed by atoms with Crippen LogP contribution in [0, 0.1) is 6.92 Å². The number of carboxylic acid groups (broad SMARTS) is 1. The molecule has 1 saturated carbocycles. The molecule has 300 valence electrons. The van der Waals surface area contributed by atoms with Crippen LogP contribution in [-0.4, -0.2) is 106 Å². The molecule has 0 spiro atoms. The topological polar surface area (TPSA) is 132 Å². The molecular weight excluding hydrogens is 764 g/mol. The lowest BCUT2D eigenvalue weighted by Gasteiger charge is -2.32. The molecule has 5 heterocycles. The lowest BCUT2D eigenvalue weighted by Crippen LogP contribution is -2.45. The molecule has 0 radical (unpaired) electrons. The van der Waals surface area contributed by atoms with Gasteiger partial charge in [0.25, 0.3) is 0 Å². The SMILES string of the molecule is Cc1c(-c2c(C3CCC3)ncc3snc(O[C@H](Cc4ccccc4OCc4ccnc(C5CCOCC5)n4)C(=O)O)c23)ccc(OCCN2CCN(C)CC2)c1Cl. The monoisotopic (exact) mass is 812 g/mol. The number of para-hydroxylation sites is 1. The van der Waals surface area contributed by atoms with Gasteiger partial charge >= 0.3 is 5.97 Å². The lowest BCUT2D eigenvalue weighted by molar-refractivity contribution is -0.145. The molecule has 12 nitrogen and oxygen atoms in total. The van der Waals surface area contributed by atoms with Gasteiger partial charge in [-0.1, -0.05) is 42.3 Å². The molecule has 1 N–H and O–H groups in total. The van der Waals surface area contributed by atoms with E-state index < -0.39 is 12.1 Å². The molecule has 2 saturated heterocycles. The number of aliphatic carboxylic acids is 1. The van der Waals surface area contributed by atoms with Gasteiger partial charge < -0.3 is 29.0 Å². The van der Waals surface area contributed by atoms with Crippen LogP contribution in [0.2, 0.25) is 5.02 Å². The van der Waals surface area contributed by atoms with Crippen molar-refractivity contribution < 1.29 is 28.8 Å². The predicted octanol–water partition coefficient (Wildman–Crippen LogP) is 7.55. The van der Waals surface area contributed by atoms with E-state index in [4.69, 9.17) is 44.9 Å². The van der Waals surface area contributed by atoms with Crippen LogP contribution in [-0.2, 0) is 22.6 Å². The molecule has 3 aliphatic rings. The van der Waals surface area contributed by atoms with Gasteiger partial charge in [0.05, 0.1) is 26.5 Å². The van der Waals surface area contributed by atoms with Crippen LogP contribution in [0.25, 0.3) is 21.2 Å². The van der Waals surface area contributed by atoms with Gasteiger partial charge in [-0.2, -0.15) is 4.37 Å². The van der Waals surface area contributed by atoms with E-state index >= 15 is 0 Å². The van der Waals surface area contributed by atoms with Gasteiger partial charge in [0.1, 0.15) is 30.5 Å². The third kappa shape index (κ3) is 9.02. The molecule has 2 aromatic carbocycles. The Morgan fingerprint density at radius 3 is 2.58 bits per heavy atom. The van der Waals surface area contributed by atoms with Crippen molar-refractivity contribution in [2.24, 2.45) is 0 Å². The molecule has 5 aromatic rings. The Morgan fingerprint density at radius 1 is 1.00 bits per heavy atom. The first-order valence-corrected chi connectivity index (χ1v) is 21.1. The fraction of sp³-hybridized carbons (Fsp3) is 0.465. The van der Waals surface area contributed by atoms with Crippen LogP contribution < -0.4 is 14.2 Å². The molecule has 14 heteroatoms. The van der Waals surface area contributed by atoms with E-state index in [0.29, 0.717) is 41.9 Å². The third-order valence-electron chi connectivity index (χ3n) is 11.5. The number of hydrogen-bond acceptors (Lipinski definition) is 12. The van der Waals surface area contributed by atoms with E-state index in [0.717, 1.165) is 109 Å². The number of benzene rings is 2. The van der Waals surface area contributed by atoms with Gasteiger partial charge in [-0.25, -0.2) is 14.8 Å². The number of aromatic nitrogens is 4. The van der Waals surface area contributed by atoms with E-state index in [2.05, 4.69) is 21.8 Å². The Labute approximate surface area is 342 Å². The third-order valence-corrected chi connectivity index (χ3v) is 12.7. The average molecular weight is 813 g/mol. The Bertz CT molecular complexity index is 2190. The summed E-state index contributed by atoms with van der Waals surface area (Å²) >= 11 is 8.31. The first kappa shape index (κ1) is 39.4. The highest BCUT2D eigenvalue weighted by molar-refractivity contribution is 7.13. The summed E-state index contributed by atoms with van der Waals surface area (Å²) in [5.41, 5.74) is 5.08. The predicted molar refractivity (Wildman–Crippen MR) is 220 cm³/mol. The minimum Gasteiger partial charge on any atom is -0.491 e. The molecule has 8 rings (SSSR count). The standard InChI is InChI=1S/C43H49ClN6O6S/c1-27-32(10-11-34(39(27)44)54-23-20-50-18-16-49(2)17-19-50)37-38-36(25-46-40(37)28-7-5-8-28)57-48-42(38)56-35(43(51)52)24-30-6-3-4-9-33(30)55-26-31-12-15-45-41(47-31)29-13-21-53-22-14-29/h3-4,6,9-12,15,25,28-29,35H,5,7-8,13-14,16-24,26H2,1-2H3,(H,51,52)/t35-/m1/s1. The maximum Gasteiger partial charge on any atom is 0.345 e. The minimum atomic E-state index is -1.24. The zero-order valence-electron chi connectivity index (χ0n) is 32.5. The second kappa shape index (κ2) is 18.0. The molecule has 1 atom stereocenters. The van der Waals surface area contributed by atoms with E-state index in [-0.39, 0.29) is 30.7 Å². The van der Waals surface area contributed by atoms with Gasteiger partial charge in [0.2, 0.25) is 12.0 Å². The van der Waals surface area contributed by atoms with Crippen molar-refractivity contribution in [3.05, 3.63) is 88.2 Å². The van der Waals surface area contributed by atoms with Crippen LogP contribution >= 0.6 is 23.1 Å². The zero-order chi connectivity index (χ0) is 39.3. The quantitative estimate of drug-likeness (QED) is 0.112. The summed E-state index contributed by atoms with van der Waals surface area (Å²) in [7, 11) is 2.15. The molecule has 57 heavy (non-hydrogen) atoms. The number of likely N-dealkylation sites (N-methyl/N-ethyl adjacent to an activating group) is 1. The fourth-order valence-electron chi connectivity index (χ4n) is 7.79.